The van der Waals surface area contributed by atoms with E-state index in [1.807, 2.05) is 69.2 Å². The van der Waals surface area contributed by atoms with Gasteiger partial charge in [-0.2, -0.15) is 0 Å². The molecule has 0 fully saturated rings. The van der Waals surface area contributed by atoms with Gasteiger partial charge in [0.1, 0.15) is 5.60 Å². The molecule has 1 atom stereocenters. The highest BCUT2D eigenvalue weighted by Crippen LogP contribution is 2.32. The first-order valence-electron chi connectivity index (χ1n) is 7.78. The molecule has 0 aromatic heterocycles. The Hall–Kier alpha value is -0.160. The normalized spacial score (nSPS) is 16.1. The minimum Gasteiger partial charge on any atom is -0.230 e. The van der Waals surface area contributed by atoms with E-state index in [1.165, 1.54) is 0 Å². The van der Waals surface area contributed by atoms with E-state index in [1.54, 1.807) is 0 Å². The fourth-order valence-electron chi connectivity index (χ4n) is 1.57. The smallest absolute Gasteiger partial charge is 0.101 e. The lowest BCUT2D eigenvalue weighted by Gasteiger charge is -2.37. The Morgan fingerprint density at radius 1 is 0.619 bits per heavy atom. The van der Waals surface area contributed by atoms with Gasteiger partial charge >= 0.3 is 0 Å². The average molecular weight is 304 g/mol. The molecule has 0 N–H and O–H groups in total. The fraction of sp³-hybridized carbons (Fsp3) is 1.00. The summed E-state index contributed by atoms with van der Waals surface area (Å²) in [5.41, 5.74) is -1.44. The lowest BCUT2D eigenvalue weighted by molar-refractivity contribution is -0.417. The maximum Gasteiger partial charge on any atom is 0.101 e. The Balaban J connectivity index is 4.52. The van der Waals surface area contributed by atoms with Gasteiger partial charge in [-0.05, 0) is 81.6 Å². The lowest BCUT2D eigenvalue weighted by atomic mass is 9.84. The summed E-state index contributed by atoms with van der Waals surface area (Å²) in [5, 5.41) is 0. The molecule has 1 unspecified atom stereocenters. The van der Waals surface area contributed by atoms with Crippen molar-refractivity contribution in [1.82, 2.24) is 0 Å². The van der Waals surface area contributed by atoms with Crippen LogP contribution in [-0.4, -0.2) is 22.4 Å². The van der Waals surface area contributed by atoms with Crippen molar-refractivity contribution in [2.75, 3.05) is 0 Å². The number of hydrogen-bond acceptors (Lipinski definition) is 4. The number of hydrogen-bond donors (Lipinski definition) is 0. The highest BCUT2D eigenvalue weighted by atomic mass is 17.2. The van der Waals surface area contributed by atoms with Crippen LogP contribution in [0.4, 0.5) is 0 Å². The summed E-state index contributed by atoms with van der Waals surface area (Å²) < 4.78 is 0. The van der Waals surface area contributed by atoms with Gasteiger partial charge in [0.2, 0.25) is 0 Å². The Morgan fingerprint density at radius 3 is 1.38 bits per heavy atom. The van der Waals surface area contributed by atoms with Gasteiger partial charge in [-0.1, -0.05) is 6.92 Å². The summed E-state index contributed by atoms with van der Waals surface area (Å²) in [7, 11) is 0. The second-order valence-electron chi connectivity index (χ2n) is 9.03. The van der Waals surface area contributed by atoms with Gasteiger partial charge in [-0.15, -0.1) is 0 Å². The first-order valence-corrected chi connectivity index (χ1v) is 7.78. The molecule has 0 aromatic rings. The molecule has 0 aliphatic heterocycles. The summed E-state index contributed by atoms with van der Waals surface area (Å²) in [6, 6.07) is 0. The van der Waals surface area contributed by atoms with Gasteiger partial charge in [0, 0.05) is 0 Å². The second kappa shape index (κ2) is 6.95. The van der Waals surface area contributed by atoms with E-state index in [2.05, 4.69) is 6.92 Å². The van der Waals surface area contributed by atoms with Crippen molar-refractivity contribution in [3.63, 3.8) is 0 Å². The van der Waals surface area contributed by atoms with Gasteiger partial charge < -0.3 is 0 Å². The van der Waals surface area contributed by atoms with Crippen LogP contribution in [0.2, 0.25) is 0 Å². The predicted octanol–water partition coefficient (Wildman–Crippen LogP) is 5.06. The highest BCUT2D eigenvalue weighted by Gasteiger charge is 2.36. The third-order valence-corrected chi connectivity index (χ3v) is 3.01. The van der Waals surface area contributed by atoms with E-state index >= 15 is 0 Å². The van der Waals surface area contributed by atoms with Crippen molar-refractivity contribution in [1.29, 1.82) is 0 Å². The van der Waals surface area contributed by atoms with Crippen molar-refractivity contribution in [2.45, 2.75) is 105 Å². The molecule has 0 saturated carbocycles. The molecule has 0 aliphatic carbocycles. The zero-order chi connectivity index (χ0) is 17.1. The molecule has 0 heterocycles. The molecule has 0 saturated heterocycles. The molecule has 0 radical (unpaired) electrons. The van der Waals surface area contributed by atoms with Crippen molar-refractivity contribution in [3.05, 3.63) is 0 Å². The minimum atomic E-state index is -0.407. The van der Waals surface area contributed by atoms with Crippen LogP contribution < -0.4 is 0 Å². The molecular weight excluding hydrogens is 268 g/mol. The van der Waals surface area contributed by atoms with Gasteiger partial charge in [0.05, 0.1) is 16.8 Å². The molecule has 0 aliphatic rings. The second-order valence-corrected chi connectivity index (χ2v) is 9.03. The SMILES string of the molecule is CC(CC(C)(C)OOC(C)(C)C)C(C)(C)OOC(C)(C)C. The van der Waals surface area contributed by atoms with Crippen LogP contribution in [0.5, 0.6) is 0 Å². The van der Waals surface area contributed by atoms with Gasteiger partial charge in [0.15, 0.2) is 0 Å². The molecule has 0 aromatic carbocycles. The van der Waals surface area contributed by atoms with Gasteiger partial charge in [-0.3, -0.25) is 0 Å². The first-order chi connectivity index (χ1) is 9.04. The zero-order valence-corrected chi connectivity index (χ0v) is 15.9. The van der Waals surface area contributed by atoms with Crippen LogP contribution in [0.3, 0.4) is 0 Å². The molecular formula is C17H36O4. The number of rotatable bonds is 7. The Morgan fingerprint density at radius 2 is 1.00 bits per heavy atom. The van der Waals surface area contributed by atoms with Crippen LogP contribution in [-0.2, 0) is 19.6 Å². The summed E-state index contributed by atoms with van der Waals surface area (Å²) in [5.74, 6) is 0.235. The van der Waals surface area contributed by atoms with Crippen molar-refractivity contribution < 1.29 is 19.6 Å². The monoisotopic (exact) mass is 304 g/mol. The van der Waals surface area contributed by atoms with E-state index < -0.39 is 11.2 Å². The molecule has 4 nitrogen and oxygen atoms in total. The van der Waals surface area contributed by atoms with Gasteiger partial charge in [0.25, 0.3) is 0 Å². The van der Waals surface area contributed by atoms with Crippen molar-refractivity contribution in [2.24, 2.45) is 5.92 Å². The first kappa shape index (κ1) is 20.8. The van der Waals surface area contributed by atoms with E-state index in [4.69, 9.17) is 19.6 Å². The topological polar surface area (TPSA) is 36.9 Å². The summed E-state index contributed by atoms with van der Waals surface area (Å²) >= 11 is 0. The molecule has 0 bridgehead atoms. The summed E-state index contributed by atoms with van der Waals surface area (Å²) in [6.07, 6.45) is 0.795. The van der Waals surface area contributed by atoms with E-state index in [0.29, 0.717) is 0 Å². The Bertz CT molecular complexity index is 308. The standard InChI is InChI=1S/C17H36O4/c1-13(17(10,11)21-19-15(5,6)7)12-16(8,9)20-18-14(2,3)4/h13H,12H2,1-11H3. The van der Waals surface area contributed by atoms with Crippen molar-refractivity contribution in [3.8, 4) is 0 Å². The minimum absolute atomic E-state index is 0.235. The maximum atomic E-state index is 5.65. The highest BCUT2D eigenvalue weighted by molar-refractivity contribution is 4.82. The molecule has 4 heteroatoms. The van der Waals surface area contributed by atoms with E-state index in [-0.39, 0.29) is 17.1 Å². The van der Waals surface area contributed by atoms with Crippen LogP contribution in [0.15, 0.2) is 0 Å². The maximum absolute atomic E-state index is 5.65. The Labute approximate surface area is 131 Å². The molecule has 0 rings (SSSR count). The molecule has 128 valence electrons. The third kappa shape index (κ3) is 10.2. The fourth-order valence-corrected chi connectivity index (χ4v) is 1.57. The van der Waals surface area contributed by atoms with Gasteiger partial charge in [-0.25, -0.2) is 19.6 Å². The quantitative estimate of drug-likeness (QED) is 0.486. The van der Waals surface area contributed by atoms with Crippen LogP contribution in [0, 0.1) is 5.92 Å². The summed E-state index contributed by atoms with van der Waals surface area (Å²) in [6.45, 7) is 22.1. The van der Waals surface area contributed by atoms with Crippen LogP contribution >= 0.6 is 0 Å². The molecule has 21 heavy (non-hydrogen) atoms. The largest absolute Gasteiger partial charge is 0.230 e. The summed E-state index contributed by atoms with van der Waals surface area (Å²) in [4.78, 5) is 22.2. The molecule has 0 spiro atoms. The van der Waals surface area contributed by atoms with E-state index in [9.17, 15) is 0 Å². The van der Waals surface area contributed by atoms with Crippen LogP contribution in [0.1, 0.15) is 82.6 Å². The Kier molecular flexibility index (Phi) is 6.89. The zero-order valence-electron chi connectivity index (χ0n) is 15.9. The predicted molar refractivity (Wildman–Crippen MR) is 85.8 cm³/mol. The van der Waals surface area contributed by atoms with Crippen LogP contribution in [0.25, 0.3) is 0 Å². The van der Waals surface area contributed by atoms with Crippen molar-refractivity contribution >= 4 is 0 Å². The lowest BCUT2D eigenvalue weighted by Crippen LogP contribution is -2.41. The average Bonchev–Trinajstić information content (AvgIpc) is 2.22. The van der Waals surface area contributed by atoms with E-state index in [0.717, 1.165) is 6.42 Å². The third-order valence-electron chi connectivity index (χ3n) is 3.01. The molecule has 0 amide bonds.